The summed E-state index contributed by atoms with van der Waals surface area (Å²) >= 11 is 0. The Kier molecular flexibility index (Phi) is 6.48. The number of aliphatic hydroxyl groups excluding tert-OH is 1. The summed E-state index contributed by atoms with van der Waals surface area (Å²) in [4.78, 5) is 16.1. The summed E-state index contributed by atoms with van der Waals surface area (Å²) < 4.78 is 35.4. The van der Waals surface area contributed by atoms with Gasteiger partial charge in [0.05, 0.1) is 19.3 Å². The molecule has 2 aromatic heterocycles. The molecule has 0 amide bonds. The minimum Gasteiger partial charge on any atom is -0.389 e. The molecular weight excluding hydrogens is 418 g/mol. The molecule has 0 aliphatic carbocycles. The second-order valence-corrected chi connectivity index (χ2v) is 7.15. The van der Waals surface area contributed by atoms with E-state index in [9.17, 15) is 18.7 Å². The number of aromatic nitrogens is 4. The fourth-order valence-corrected chi connectivity index (χ4v) is 3.22. The first-order chi connectivity index (χ1) is 15.5. The molecule has 0 fully saturated rings. The average Bonchev–Trinajstić information content (AvgIpc) is 3.33. The lowest BCUT2D eigenvalue weighted by molar-refractivity contribution is -0.00249. The number of nitrogens with zero attached hydrogens (tertiary/aromatic N) is 4. The van der Waals surface area contributed by atoms with E-state index in [2.05, 4.69) is 10.1 Å². The van der Waals surface area contributed by atoms with E-state index in [1.54, 1.807) is 53.6 Å². The summed E-state index contributed by atoms with van der Waals surface area (Å²) in [5.41, 5.74) is 0.909. The lowest BCUT2D eigenvalue weighted by atomic mass is 10.0. The Morgan fingerprint density at radius 1 is 0.938 bits per heavy atom. The summed E-state index contributed by atoms with van der Waals surface area (Å²) in [7, 11) is 0. The maximum atomic E-state index is 13.4. The third-order valence-electron chi connectivity index (χ3n) is 4.81. The Morgan fingerprint density at radius 2 is 1.56 bits per heavy atom. The Hall–Kier alpha value is -3.69. The summed E-state index contributed by atoms with van der Waals surface area (Å²) in [5.74, 6) is -0.310. The molecule has 1 atom stereocenters. The minimum atomic E-state index is -1.05. The highest BCUT2D eigenvalue weighted by Crippen LogP contribution is 2.26. The molecule has 0 aliphatic rings. The minimum absolute atomic E-state index is 0.0963. The van der Waals surface area contributed by atoms with Crippen LogP contribution in [-0.2, 0) is 11.3 Å². The first kappa shape index (κ1) is 21.5. The van der Waals surface area contributed by atoms with Crippen LogP contribution >= 0.6 is 0 Å². The lowest BCUT2D eigenvalue weighted by Crippen LogP contribution is -2.31. The number of benzene rings is 2. The van der Waals surface area contributed by atoms with Crippen LogP contribution in [-0.4, -0.2) is 37.1 Å². The quantitative estimate of drug-likeness (QED) is 0.458. The van der Waals surface area contributed by atoms with E-state index >= 15 is 0 Å². The zero-order valence-electron chi connectivity index (χ0n) is 16.9. The van der Waals surface area contributed by atoms with E-state index in [0.717, 1.165) is 4.68 Å². The molecule has 1 N–H and O–H groups in total. The maximum Gasteiger partial charge on any atom is 0.266 e. The van der Waals surface area contributed by atoms with Gasteiger partial charge in [-0.15, -0.1) is 0 Å². The van der Waals surface area contributed by atoms with Gasteiger partial charge in [-0.05, 0) is 41.5 Å². The van der Waals surface area contributed by atoms with Crippen LogP contribution in [0.5, 0.6) is 0 Å². The highest BCUT2D eigenvalue weighted by Gasteiger charge is 2.18. The third kappa shape index (κ3) is 5.13. The normalized spacial score (nSPS) is 12.2. The van der Waals surface area contributed by atoms with Gasteiger partial charge in [0.2, 0.25) is 0 Å². The van der Waals surface area contributed by atoms with Gasteiger partial charge in [0.1, 0.15) is 24.1 Å². The molecule has 0 saturated heterocycles. The zero-order valence-corrected chi connectivity index (χ0v) is 16.9. The largest absolute Gasteiger partial charge is 0.389 e. The fraction of sp³-hybridized carbons (Fsp3) is 0.174. The molecule has 0 saturated carbocycles. The van der Waals surface area contributed by atoms with Crippen LogP contribution in [0.15, 0.2) is 84.2 Å². The molecule has 4 rings (SSSR count). The molecule has 2 aromatic carbocycles. The molecule has 7 nitrogen and oxygen atoms in total. The third-order valence-corrected chi connectivity index (χ3v) is 4.81. The van der Waals surface area contributed by atoms with E-state index in [0.29, 0.717) is 16.9 Å². The van der Waals surface area contributed by atoms with Crippen molar-refractivity contribution in [1.82, 2.24) is 19.3 Å². The van der Waals surface area contributed by atoms with Crippen LogP contribution < -0.4 is 5.56 Å². The van der Waals surface area contributed by atoms with Crippen LogP contribution in [0.3, 0.4) is 0 Å². The van der Waals surface area contributed by atoms with Crippen molar-refractivity contribution in [2.75, 3.05) is 6.61 Å². The molecule has 9 heteroatoms. The Bertz CT molecular complexity index is 1160. The monoisotopic (exact) mass is 438 g/mol. The van der Waals surface area contributed by atoms with E-state index < -0.39 is 23.8 Å². The van der Waals surface area contributed by atoms with Gasteiger partial charge in [-0.1, -0.05) is 24.3 Å². The number of aliphatic hydroxyl groups is 1. The SMILES string of the molecule is O=c1ccc(-n2ccnc2)nn1CC(O)COC(c1ccc(F)cc1)c1ccc(F)cc1. The van der Waals surface area contributed by atoms with E-state index in [-0.39, 0.29) is 18.7 Å². The predicted octanol–water partition coefficient (Wildman–Crippen LogP) is 2.87. The van der Waals surface area contributed by atoms with Crippen molar-refractivity contribution in [2.45, 2.75) is 18.8 Å². The topological polar surface area (TPSA) is 82.2 Å². The van der Waals surface area contributed by atoms with Gasteiger partial charge in [0, 0.05) is 18.5 Å². The number of hydrogen-bond donors (Lipinski definition) is 1. The van der Waals surface area contributed by atoms with Crippen molar-refractivity contribution in [2.24, 2.45) is 0 Å². The van der Waals surface area contributed by atoms with Gasteiger partial charge in [-0.25, -0.2) is 18.4 Å². The van der Waals surface area contributed by atoms with Crippen molar-refractivity contribution in [3.8, 4) is 5.82 Å². The van der Waals surface area contributed by atoms with E-state index in [1.165, 1.54) is 30.3 Å². The van der Waals surface area contributed by atoms with Gasteiger partial charge < -0.3 is 9.84 Å². The molecule has 0 spiro atoms. The average molecular weight is 438 g/mol. The first-order valence-electron chi connectivity index (χ1n) is 9.87. The van der Waals surface area contributed by atoms with Crippen molar-refractivity contribution >= 4 is 0 Å². The van der Waals surface area contributed by atoms with Crippen LogP contribution in [0.2, 0.25) is 0 Å². The second-order valence-electron chi connectivity index (χ2n) is 7.15. The van der Waals surface area contributed by atoms with Crippen LogP contribution in [0, 0.1) is 11.6 Å². The van der Waals surface area contributed by atoms with E-state index in [1.807, 2.05) is 0 Å². The van der Waals surface area contributed by atoms with Crippen molar-refractivity contribution in [3.05, 3.63) is 112 Å². The highest BCUT2D eigenvalue weighted by molar-refractivity contribution is 5.30. The summed E-state index contributed by atoms with van der Waals surface area (Å²) in [6, 6.07) is 14.4. The van der Waals surface area contributed by atoms with Crippen molar-refractivity contribution in [1.29, 1.82) is 0 Å². The molecule has 0 radical (unpaired) electrons. The van der Waals surface area contributed by atoms with Crippen LogP contribution in [0.25, 0.3) is 5.82 Å². The highest BCUT2D eigenvalue weighted by atomic mass is 19.1. The second kappa shape index (κ2) is 9.63. The number of halogens is 2. The number of imidazole rings is 1. The Morgan fingerprint density at radius 3 is 2.12 bits per heavy atom. The van der Waals surface area contributed by atoms with Gasteiger partial charge in [0.25, 0.3) is 5.56 Å². The molecule has 164 valence electrons. The standard InChI is InChI=1S/C23H20F2N4O3/c24-18-5-1-16(2-6-18)23(17-3-7-19(25)8-4-17)32-14-20(30)13-29-22(31)10-9-21(27-29)28-12-11-26-15-28/h1-12,15,20,23,30H,13-14H2. The number of ether oxygens (including phenoxy) is 1. The van der Waals surface area contributed by atoms with Crippen molar-refractivity contribution in [3.63, 3.8) is 0 Å². The maximum absolute atomic E-state index is 13.4. The van der Waals surface area contributed by atoms with Gasteiger partial charge in [0.15, 0.2) is 5.82 Å². The first-order valence-corrected chi connectivity index (χ1v) is 9.87. The molecule has 4 aromatic rings. The van der Waals surface area contributed by atoms with Crippen LogP contribution in [0.1, 0.15) is 17.2 Å². The molecule has 0 bridgehead atoms. The van der Waals surface area contributed by atoms with Gasteiger partial charge in [-0.2, -0.15) is 5.10 Å². The fourth-order valence-electron chi connectivity index (χ4n) is 3.22. The molecule has 1 unspecified atom stereocenters. The van der Waals surface area contributed by atoms with Gasteiger partial charge >= 0.3 is 0 Å². The predicted molar refractivity (Wildman–Crippen MR) is 112 cm³/mol. The number of rotatable bonds is 8. The number of hydrogen-bond acceptors (Lipinski definition) is 5. The summed E-state index contributed by atoms with van der Waals surface area (Å²) in [6.45, 7) is -0.232. The smallest absolute Gasteiger partial charge is 0.266 e. The summed E-state index contributed by atoms with van der Waals surface area (Å²) in [6.07, 6.45) is 3.11. The van der Waals surface area contributed by atoms with Crippen molar-refractivity contribution < 1.29 is 18.6 Å². The molecule has 0 aliphatic heterocycles. The molecule has 32 heavy (non-hydrogen) atoms. The molecule has 2 heterocycles. The van der Waals surface area contributed by atoms with Crippen LogP contribution in [0.4, 0.5) is 8.78 Å². The lowest BCUT2D eigenvalue weighted by Gasteiger charge is -2.21. The van der Waals surface area contributed by atoms with Gasteiger partial charge in [-0.3, -0.25) is 9.36 Å². The Balaban J connectivity index is 1.49. The Labute approximate surface area is 182 Å². The molecular formula is C23H20F2N4O3. The summed E-state index contributed by atoms with van der Waals surface area (Å²) in [5, 5.41) is 14.8. The zero-order chi connectivity index (χ0) is 22.5. The van der Waals surface area contributed by atoms with E-state index in [4.69, 9.17) is 4.74 Å².